The Morgan fingerprint density at radius 2 is 2.10 bits per heavy atom. The monoisotopic (exact) mass is 316 g/mol. The van der Waals surface area contributed by atoms with Gasteiger partial charge in [0.25, 0.3) is 0 Å². The van der Waals surface area contributed by atoms with Crippen LogP contribution in [-0.4, -0.2) is 26.0 Å². The molecule has 0 heterocycles. The predicted octanol–water partition coefficient (Wildman–Crippen LogP) is 1.74. The van der Waals surface area contributed by atoms with Gasteiger partial charge >= 0.3 is 5.97 Å². The van der Waals surface area contributed by atoms with Gasteiger partial charge in [-0.25, -0.2) is 13.1 Å². The minimum atomic E-state index is -3.80. The molecule has 20 heavy (non-hydrogen) atoms. The zero-order valence-corrected chi connectivity index (χ0v) is 12.0. The third kappa shape index (κ3) is 4.81. The van der Waals surface area contributed by atoms with Crippen molar-refractivity contribution in [1.29, 1.82) is 5.26 Å². The van der Waals surface area contributed by atoms with Crippen molar-refractivity contribution in [2.75, 3.05) is 6.54 Å². The van der Waals surface area contributed by atoms with Crippen LogP contribution in [0.4, 0.5) is 0 Å². The Kier molecular flexibility index (Phi) is 5.95. The van der Waals surface area contributed by atoms with Crippen LogP contribution < -0.4 is 4.72 Å². The molecule has 1 aromatic carbocycles. The van der Waals surface area contributed by atoms with E-state index in [-0.39, 0.29) is 28.4 Å². The SMILES string of the molecule is N#Cc1ccc(Cl)c(S(=O)(=O)NCCCCC(=O)O)c1. The second-order valence-electron chi connectivity index (χ2n) is 4.01. The molecule has 0 bridgehead atoms. The highest BCUT2D eigenvalue weighted by molar-refractivity contribution is 7.89. The number of halogens is 1. The molecular formula is C12H13ClN2O4S. The van der Waals surface area contributed by atoms with Crippen molar-refractivity contribution in [3.63, 3.8) is 0 Å². The molecule has 0 atom stereocenters. The topological polar surface area (TPSA) is 107 Å². The summed E-state index contributed by atoms with van der Waals surface area (Å²) >= 11 is 5.81. The second-order valence-corrected chi connectivity index (χ2v) is 6.15. The molecule has 0 amide bonds. The van der Waals surface area contributed by atoms with E-state index >= 15 is 0 Å². The number of benzene rings is 1. The summed E-state index contributed by atoms with van der Waals surface area (Å²) in [6.07, 6.45) is 0.775. The number of hydrogen-bond donors (Lipinski definition) is 2. The fourth-order valence-corrected chi connectivity index (χ4v) is 3.06. The van der Waals surface area contributed by atoms with Crippen LogP contribution in [0.5, 0.6) is 0 Å². The minimum Gasteiger partial charge on any atom is -0.481 e. The van der Waals surface area contributed by atoms with Gasteiger partial charge < -0.3 is 5.11 Å². The molecule has 0 aromatic heterocycles. The summed E-state index contributed by atoms with van der Waals surface area (Å²) in [7, 11) is -3.80. The molecule has 2 N–H and O–H groups in total. The van der Waals surface area contributed by atoms with E-state index in [1.807, 2.05) is 6.07 Å². The van der Waals surface area contributed by atoms with E-state index in [0.29, 0.717) is 12.8 Å². The van der Waals surface area contributed by atoms with E-state index in [2.05, 4.69) is 4.72 Å². The van der Waals surface area contributed by atoms with Crippen molar-refractivity contribution in [2.45, 2.75) is 24.2 Å². The van der Waals surface area contributed by atoms with Gasteiger partial charge in [0.1, 0.15) is 4.90 Å². The highest BCUT2D eigenvalue weighted by atomic mass is 35.5. The summed E-state index contributed by atoms with van der Waals surface area (Å²) in [4.78, 5) is 10.2. The van der Waals surface area contributed by atoms with Crippen molar-refractivity contribution in [2.24, 2.45) is 0 Å². The highest BCUT2D eigenvalue weighted by Crippen LogP contribution is 2.22. The first-order chi connectivity index (χ1) is 9.36. The Morgan fingerprint density at radius 3 is 2.70 bits per heavy atom. The third-order valence-corrected chi connectivity index (χ3v) is 4.40. The lowest BCUT2D eigenvalue weighted by Gasteiger charge is -2.08. The van der Waals surface area contributed by atoms with Gasteiger partial charge in [0.15, 0.2) is 0 Å². The van der Waals surface area contributed by atoms with Gasteiger partial charge in [-0.2, -0.15) is 5.26 Å². The van der Waals surface area contributed by atoms with Crippen LogP contribution in [0.25, 0.3) is 0 Å². The van der Waals surface area contributed by atoms with E-state index in [0.717, 1.165) is 0 Å². The number of aliphatic carboxylic acids is 1. The van der Waals surface area contributed by atoms with Crippen LogP contribution in [0.3, 0.4) is 0 Å². The highest BCUT2D eigenvalue weighted by Gasteiger charge is 2.18. The molecule has 0 aliphatic carbocycles. The van der Waals surface area contributed by atoms with Crippen molar-refractivity contribution in [3.05, 3.63) is 28.8 Å². The van der Waals surface area contributed by atoms with Crippen molar-refractivity contribution in [3.8, 4) is 6.07 Å². The van der Waals surface area contributed by atoms with Gasteiger partial charge in [-0.15, -0.1) is 0 Å². The lowest BCUT2D eigenvalue weighted by Crippen LogP contribution is -2.25. The summed E-state index contributed by atoms with van der Waals surface area (Å²) in [6.45, 7) is 0.114. The number of nitrogens with zero attached hydrogens (tertiary/aromatic N) is 1. The molecule has 0 fully saturated rings. The maximum Gasteiger partial charge on any atom is 0.303 e. The predicted molar refractivity (Wildman–Crippen MR) is 72.8 cm³/mol. The van der Waals surface area contributed by atoms with Gasteiger partial charge in [-0.05, 0) is 31.0 Å². The fraction of sp³-hybridized carbons (Fsp3) is 0.333. The van der Waals surface area contributed by atoms with Gasteiger partial charge in [0.05, 0.1) is 16.7 Å². The average Bonchev–Trinajstić information content (AvgIpc) is 2.38. The molecule has 8 heteroatoms. The normalized spacial score (nSPS) is 11.0. The lowest BCUT2D eigenvalue weighted by molar-refractivity contribution is -0.137. The van der Waals surface area contributed by atoms with Crippen LogP contribution >= 0.6 is 11.6 Å². The van der Waals surface area contributed by atoms with E-state index in [9.17, 15) is 13.2 Å². The Labute approximate surface area is 122 Å². The number of unbranched alkanes of at least 4 members (excludes halogenated alkanes) is 1. The molecule has 108 valence electrons. The lowest BCUT2D eigenvalue weighted by atomic mass is 10.2. The van der Waals surface area contributed by atoms with Gasteiger partial charge in [-0.3, -0.25) is 4.79 Å². The summed E-state index contributed by atoms with van der Waals surface area (Å²) < 4.78 is 26.3. The zero-order valence-electron chi connectivity index (χ0n) is 10.5. The fourth-order valence-electron chi connectivity index (χ4n) is 1.46. The number of nitriles is 1. The van der Waals surface area contributed by atoms with Crippen molar-refractivity contribution in [1.82, 2.24) is 4.72 Å². The maximum atomic E-state index is 12.0. The first-order valence-corrected chi connectivity index (χ1v) is 7.64. The smallest absolute Gasteiger partial charge is 0.303 e. The van der Waals surface area contributed by atoms with Crippen LogP contribution in [0.15, 0.2) is 23.1 Å². The largest absolute Gasteiger partial charge is 0.481 e. The minimum absolute atomic E-state index is 0.00754. The molecule has 0 radical (unpaired) electrons. The number of rotatable bonds is 7. The van der Waals surface area contributed by atoms with Crippen molar-refractivity contribution < 1.29 is 18.3 Å². The standard InChI is InChI=1S/C12H13ClN2O4S/c13-10-5-4-9(8-14)7-11(10)20(18,19)15-6-2-1-3-12(16)17/h4-5,7,15H,1-3,6H2,(H,16,17). The van der Waals surface area contributed by atoms with E-state index < -0.39 is 16.0 Å². The molecule has 1 rings (SSSR count). The molecular weight excluding hydrogens is 304 g/mol. The Morgan fingerprint density at radius 1 is 1.40 bits per heavy atom. The van der Waals surface area contributed by atoms with Gasteiger partial charge in [0, 0.05) is 13.0 Å². The van der Waals surface area contributed by atoms with Crippen LogP contribution in [0.2, 0.25) is 5.02 Å². The first kappa shape index (κ1) is 16.4. The molecule has 0 aliphatic rings. The quantitative estimate of drug-likeness (QED) is 0.745. The molecule has 1 aromatic rings. The Balaban J connectivity index is 2.70. The number of carbonyl (C=O) groups is 1. The molecule has 0 aliphatic heterocycles. The summed E-state index contributed by atoms with van der Waals surface area (Å²) in [5.41, 5.74) is 0.195. The molecule has 6 nitrogen and oxygen atoms in total. The summed E-state index contributed by atoms with van der Waals surface area (Å²) in [5, 5.41) is 17.2. The van der Waals surface area contributed by atoms with Gasteiger partial charge in [0.2, 0.25) is 10.0 Å². The number of nitrogens with one attached hydrogen (secondary N) is 1. The molecule has 0 saturated heterocycles. The Bertz CT molecular complexity index is 637. The van der Waals surface area contributed by atoms with E-state index in [1.54, 1.807) is 0 Å². The van der Waals surface area contributed by atoms with E-state index in [1.165, 1.54) is 18.2 Å². The third-order valence-electron chi connectivity index (χ3n) is 2.46. The van der Waals surface area contributed by atoms with Gasteiger partial charge in [-0.1, -0.05) is 11.6 Å². The average molecular weight is 317 g/mol. The van der Waals surface area contributed by atoms with Crippen LogP contribution in [0, 0.1) is 11.3 Å². The molecule has 0 saturated carbocycles. The van der Waals surface area contributed by atoms with E-state index in [4.69, 9.17) is 22.0 Å². The number of sulfonamides is 1. The molecule has 0 spiro atoms. The zero-order chi connectivity index (χ0) is 15.2. The van der Waals surface area contributed by atoms with Crippen LogP contribution in [0.1, 0.15) is 24.8 Å². The number of carboxylic acids is 1. The molecule has 0 unspecified atom stereocenters. The summed E-state index contributed by atoms with van der Waals surface area (Å²) in [5.74, 6) is -0.919. The maximum absolute atomic E-state index is 12.0. The number of hydrogen-bond acceptors (Lipinski definition) is 4. The van der Waals surface area contributed by atoms with Crippen LogP contribution in [-0.2, 0) is 14.8 Å². The van der Waals surface area contributed by atoms with Crippen molar-refractivity contribution >= 4 is 27.6 Å². The second kappa shape index (κ2) is 7.24. The summed E-state index contributed by atoms with van der Waals surface area (Å²) in [6, 6.07) is 5.81. The number of carboxylic acid groups (broad SMARTS) is 1. The Hall–Kier alpha value is -1.62. The first-order valence-electron chi connectivity index (χ1n) is 5.78.